The minimum atomic E-state index is -0.471. The highest BCUT2D eigenvalue weighted by molar-refractivity contribution is 7.13. The van der Waals surface area contributed by atoms with E-state index in [0.717, 1.165) is 23.9 Å². The highest BCUT2D eigenvalue weighted by Gasteiger charge is 2.21. The molecule has 0 bridgehead atoms. The van der Waals surface area contributed by atoms with Gasteiger partial charge >= 0.3 is 0 Å². The van der Waals surface area contributed by atoms with Gasteiger partial charge in [-0.3, -0.25) is 25.1 Å². The molecule has 0 saturated carbocycles. The van der Waals surface area contributed by atoms with Gasteiger partial charge < -0.3 is 9.64 Å². The zero-order valence-electron chi connectivity index (χ0n) is 17.9. The number of hydrazine groups is 1. The number of carbonyl (C=O) groups excluding carboxylic acids is 2. The molecule has 3 aromatic rings. The third-order valence-electron chi connectivity index (χ3n) is 5.12. The lowest BCUT2D eigenvalue weighted by molar-refractivity contribution is 0.0845. The molecule has 1 fully saturated rings. The average Bonchev–Trinajstić information content (AvgIpc) is 3.37. The molecule has 1 aliphatic rings. The third-order valence-corrected chi connectivity index (χ3v) is 6.02. The molecule has 0 unspecified atom stereocenters. The van der Waals surface area contributed by atoms with Crippen LogP contribution in [0, 0.1) is 6.92 Å². The number of anilines is 1. The van der Waals surface area contributed by atoms with Crippen LogP contribution in [-0.4, -0.2) is 57.9 Å². The number of ether oxygens (including phenoxy) is 1. The third kappa shape index (κ3) is 4.23. The van der Waals surface area contributed by atoms with Gasteiger partial charge in [-0.2, -0.15) is 5.10 Å². The SMILES string of the molecule is Cc1nn(C)c2nc(C(C)C)cc(C(=O)NNC(=O)c3csc(N4CCOCC4)n3)c12. The maximum Gasteiger partial charge on any atom is 0.289 e. The molecule has 10 nitrogen and oxygen atoms in total. The first kappa shape index (κ1) is 21.2. The summed E-state index contributed by atoms with van der Waals surface area (Å²) in [5.41, 5.74) is 7.77. The monoisotopic (exact) mass is 443 g/mol. The van der Waals surface area contributed by atoms with Crippen LogP contribution in [0.25, 0.3) is 11.0 Å². The predicted octanol–water partition coefficient (Wildman–Crippen LogP) is 1.77. The van der Waals surface area contributed by atoms with Crippen LogP contribution >= 0.6 is 11.3 Å². The van der Waals surface area contributed by atoms with E-state index in [1.54, 1.807) is 23.2 Å². The van der Waals surface area contributed by atoms with E-state index in [1.807, 2.05) is 20.8 Å². The molecule has 3 aromatic heterocycles. The van der Waals surface area contributed by atoms with E-state index in [4.69, 9.17) is 4.74 Å². The maximum absolute atomic E-state index is 13.0. The Morgan fingerprint density at radius 3 is 2.58 bits per heavy atom. The standard InChI is InChI=1S/C20H25N7O3S/c1-11(2)14-9-13(16-12(3)25-26(4)17(16)21-14)18(28)23-24-19(29)15-10-31-20(22-15)27-5-7-30-8-6-27/h9-11H,5-8H2,1-4H3,(H,23,28)(H,24,29). The Morgan fingerprint density at radius 2 is 1.87 bits per heavy atom. The summed E-state index contributed by atoms with van der Waals surface area (Å²) < 4.78 is 7.00. The lowest BCUT2D eigenvalue weighted by Gasteiger charge is -2.25. The second-order valence-electron chi connectivity index (χ2n) is 7.68. The molecular formula is C20H25N7O3S. The summed E-state index contributed by atoms with van der Waals surface area (Å²) in [5.74, 6) is -0.766. The van der Waals surface area contributed by atoms with Gasteiger partial charge in [0.25, 0.3) is 11.8 Å². The second kappa shape index (κ2) is 8.60. The lowest BCUT2D eigenvalue weighted by Crippen LogP contribution is -2.42. The minimum Gasteiger partial charge on any atom is -0.378 e. The molecule has 164 valence electrons. The Bertz CT molecular complexity index is 1130. The Hall–Kier alpha value is -3.05. The quantitative estimate of drug-likeness (QED) is 0.591. The Labute approximate surface area is 183 Å². The molecule has 0 aliphatic carbocycles. The van der Waals surface area contributed by atoms with Gasteiger partial charge in [-0.15, -0.1) is 11.3 Å². The Balaban J connectivity index is 1.50. The molecular weight excluding hydrogens is 418 g/mol. The Kier molecular flexibility index (Phi) is 5.88. The molecule has 11 heteroatoms. The molecule has 4 heterocycles. The topological polar surface area (TPSA) is 114 Å². The summed E-state index contributed by atoms with van der Waals surface area (Å²) in [5, 5.41) is 7.50. The number of nitrogens with zero attached hydrogens (tertiary/aromatic N) is 5. The fraction of sp³-hybridized carbons (Fsp3) is 0.450. The fourth-order valence-electron chi connectivity index (χ4n) is 3.45. The number of carbonyl (C=O) groups is 2. The van der Waals surface area contributed by atoms with Crippen LogP contribution in [0.1, 0.15) is 52.0 Å². The molecule has 1 saturated heterocycles. The van der Waals surface area contributed by atoms with E-state index in [-0.39, 0.29) is 11.6 Å². The molecule has 4 rings (SSSR count). The van der Waals surface area contributed by atoms with E-state index in [2.05, 4.69) is 30.8 Å². The molecule has 2 N–H and O–H groups in total. The van der Waals surface area contributed by atoms with Crippen molar-refractivity contribution in [1.29, 1.82) is 0 Å². The van der Waals surface area contributed by atoms with Crippen molar-refractivity contribution in [3.63, 3.8) is 0 Å². The normalized spacial score (nSPS) is 14.3. The summed E-state index contributed by atoms with van der Waals surface area (Å²) in [6.07, 6.45) is 0. The van der Waals surface area contributed by atoms with Gasteiger partial charge in [-0.25, -0.2) is 9.97 Å². The fourth-order valence-corrected chi connectivity index (χ4v) is 4.31. The van der Waals surface area contributed by atoms with Crippen molar-refractivity contribution >= 4 is 39.3 Å². The number of aryl methyl sites for hydroxylation is 2. The average molecular weight is 444 g/mol. The smallest absolute Gasteiger partial charge is 0.289 e. The van der Waals surface area contributed by atoms with Gasteiger partial charge in [-0.1, -0.05) is 13.8 Å². The van der Waals surface area contributed by atoms with Gasteiger partial charge in [0, 0.05) is 31.2 Å². The number of fused-ring (bicyclic) bond motifs is 1. The summed E-state index contributed by atoms with van der Waals surface area (Å²) in [4.78, 5) is 36.6. The molecule has 0 atom stereocenters. The number of rotatable bonds is 4. The molecule has 31 heavy (non-hydrogen) atoms. The van der Waals surface area contributed by atoms with Gasteiger partial charge in [-0.05, 0) is 18.9 Å². The second-order valence-corrected chi connectivity index (χ2v) is 8.52. The number of aromatic nitrogens is 4. The van der Waals surface area contributed by atoms with E-state index in [0.29, 0.717) is 35.5 Å². The van der Waals surface area contributed by atoms with Crippen LogP contribution in [-0.2, 0) is 11.8 Å². The van der Waals surface area contributed by atoms with Crippen molar-refractivity contribution in [2.24, 2.45) is 7.05 Å². The number of nitrogens with one attached hydrogen (secondary N) is 2. The summed E-state index contributed by atoms with van der Waals surface area (Å²) >= 11 is 1.39. The number of thiazole rings is 1. The number of hydrogen-bond acceptors (Lipinski definition) is 8. The number of morpholine rings is 1. The Morgan fingerprint density at radius 1 is 1.16 bits per heavy atom. The van der Waals surface area contributed by atoms with Crippen LogP contribution < -0.4 is 15.8 Å². The van der Waals surface area contributed by atoms with Crippen molar-refractivity contribution < 1.29 is 14.3 Å². The first-order valence-electron chi connectivity index (χ1n) is 10.1. The van der Waals surface area contributed by atoms with Crippen LogP contribution in [0.4, 0.5) is 5.13 Å². The molecule has 0 radical (unpaired) electrons. The van der Waals surface area contributed by atoms with Gasteiger partial charge in [0.15, 0.2) is 10.8 Å². The minimum absolute atomic E-state index is 0.134. The van der Waals surface area contributed by atoms with E-state index >= 15 is 0 Å². The van der Waals surface area contributed by atoms with E-state index in [9.17, 15) is 9.59 Å². The van der Waals surface area contributed by atoms with E-state index < -0.39 is 11.8 Å². The first-order valence-corrected chi connectivity index (χ1v) is 11.0. The maximum atomic E-state index is 13.0. The molecule has 0 aromatic carbocycles. The number of pyridine rings is 1. The van der Waals surface area contributed by atoms with Crippen LogP contribution in [0.2, 0.25) is 0 Å². The molecule has 2 amide bonds. The van der Waals surface area contributed by atoms with Crippen molar-refractivity contribution in [1.82, 2.24) is 30.6 Å². The lowest BCUT2D eigenvalue weighted by atomic mass is 10.0. The van der Waals surface area contributed by atoms with Gasteiger partial charge in [0.2, 0.25) is 0 Å². The molecule has 1 aliphatic heterocycles. The van der Waals surface area contributed by atoms with Crippen molar-refractivity contribution in [3.8, 4) is 0 Å². The van der Waals surface area contributed by atoms with Crippen LogP contribution in [0.3, 0.4) is 0 Å². The zero-order valence-corrected chi connectivity index (χ0v) is 18.7. The van der Waals surface area contributed by atoms with Gasteiger partial charge in [0.05, 0.1) is 29.9 Å². The predicted molar refractivity (Wildman–Crippen MR) is 117 cm³/mol. The largest absolute Gasteiger partial charge is 0.378 e. The van der Waals surface area contributed by atoms with E-state index in [1.165, 1.54) is 11.3 Å². The first-order chi connectivity index (χ1) is 14.8. The molecule has 0 spiro atoms. The van der Waals surface area contributed by atoms with Crippen molar-refractivity contribution in [2.45, 2.75) is 26.7 Å². The number of hydrogen-bond donors (Lipinski definition) is 2. The summed E-state index contributed by atoms with van der Waals surface area (Å²) in [6, 6.07) is 1.75. The summed E-state index contributed by atoms with van der Waals surface area (Å²) in [6.45, 7) is 8.62. The van der Waals surface area contributed by atoms with Crippen molar-refractivity contribution in [3.05, 3.63) is 34.1 Å². The van der Waals surface area contributed by atoms with Crippen LogP contribution in [0.15, 0.2) is 11.4 Å². The van der Waals surface area contributed by atoms with Crippen molar-refractivity contribution in [2.75, 3.05) is 31.2 Å². The zero-order chi connectivity index (χ0) is 22.1. The highest BCUT2D eigenvalue weighted by Crippen LogP contribution is 2.25. The highest BCUT2D eigenvalue weighted by atomic mass is 32.1. The van der Waals surface area contributed by atoms with Gasteiger partial charge in [0.1, 0.15) is 5.69 Å². The summed E-state index contributed by atoms with van der Waals surface area (Å²) in [7, 11) is 1.80. The van der Waals surface area contributed by atoms with Crippen LogP contribution in [0.5, 0.6) is 0 Å². The number of amides is 2.